The van der Waals surface area contributed by atoms with Crippen molar-refractivity contribution in [3.8, 4) is 0 Å². The van der Waals surface area contributed by atoms with Crippen LogP contribution >= 0.6 is 0 Å². The van der Waals surface area contributed by atoms with Gasteiger partial charge in [0.25, 0.3) is 0 Å². The van der Waals surface area contributed by atoms with Crippen LogP contribution in [-0.2, 0) is 14.3 Å². The van der Waals surface area contributed by atoms with E-state index in [1.54, 1.807) is 20.8 Å². The van der Waals surface area contributed by atoms with Crippen LogP contribution in [0, 0.1) is 0 Å². The van der Waals surface area contributed by atoms with Gasteiger partial charge in [0, 0.05) is 12.6 Å². The van der Waals surface area contributed by atoms with Crippen LogP contribution < -0.4 is 5.73 Å². The Hall–Kier alpha value is -1.30. The topological polar surface area (TPSA) is 81.9 Å². The Labute approximate surface area is 107 Å². The molecule has 1 aliphatic rings. The fourth-order valence-electron chi connectivity index (χ4n) is 2.07. The van der Waals surface area contributed by atoms with Crippen molar-refractivity contribution >= 4 is 12.1 Å². The Balaban J connectivity index is 2.84. The molecule has 0 saturated carbocycles. The minimum atomic E-state index is -0.598. The molecule has 6 heteroatoms. The number of nitrogens with two attached hydrogens (primary N) is 1. The first kappa shape index (κ1) is 14.8. The third-order valence-corrected chi connectivity index (χ3v) is 2.85. The summed E-state index contributed by atoms with van der Waals surface area (Å²) in [7, 11) is 1.31. The molecule has 0 aromatic carbocycles. The van der Waals surface area contributed by atoms with Crippen molar-refractivity contribution in [2.24, 2.45) is 5.73 Å². The lowest BCUT2D eigenvalue weighted by molar-refractivity contribution is -0.146. The van der Waals surface area contributed by atoms with Gasteiger partial charge in [0.05, 0.1) is 7.11 Å². The van der Waals surface area contributed by atoms with E-state index in [2.05, 4.69) is 0 Å². The molecule has 1 aliphatic heterocycles. The molecule has 0 aliphatic carbocycles. The van der Waals surface area contributed by atoms with Crippen LogP contribution in [0.1, 0.15) is 33.6 Å². The summed E-state index contributed by atoms with van der Waals surface area (Å²) >= 11 is 0. The predicted octanol–water partition coefficient (Wildman–Crippen LogP) is 0.886. The van der Waals surface area contributed by atoms with Gasteiger partial charge in [0.15, 0.2) is 0 Å². The molecule has 1 saturated heterocycles. The monoisotopic (exact) mass is 258 g/mol. The predicted molar refractivity (Wildman–Crippen MR) is 66.0 cm³/mol. The summed E-state index contributed by atoms with van der Waals surface area (Å²) in [5.74, 6) is -0.420. The van der Waals surface area contributed by atoms with Crippen molar-refractivity contribution < 1.29 is 19.1 Å². The second kappa shape index (κ2) is 5.56. The summed E-state index contributed by atoms with van der Waals surface area (Å²) in [6, 6.07) is -0.748. The van der Waals surface area contributed by atoms with E-state index in [1.165, 1.54) is 12.0 Å². The molecular formula is C12H22N2O4. The number of hydrogen-bond acceptors (Lipinski definition) is 5. The zero-order valence-electron chi connectivity index (χ0n) is 11.4. The number of likely N-dealkylation sites (tertiary alicyclic amines) is 1. The minimum Gasteiger partial charge on any atom is -0.467 e. The van der Waals surface area contributed by atoms with Crippen molar-refractivity contribution in [3.05, 3.63) is 0 Å². The second-order valence-electron chi connectivity index (χ2n) is 5.39. The molecule has 104 valence electrons. The fourth-order valence-corrected chi connectivity index (χ4v) is 2.07. The minimum absolute atomic E-state index is 0.163. The number of methoxy groups -OCH3 is 1. The van der Waals surface area contributed by atoms with Crippen LogP contribution in [0.3, 0.4) is 0 Å². The summed E-state index contributed by atoms with van der Waals surface area (Å²) in [5, 5.41) is 0. The normalized spacial score (nSPS) is 23.9. The quantitative estimate of drug-likeness (QED) is 0.744. The molecule has 2 N–H and O–H groups in total. The Kier molecular flexibility index (Phi) is 4.56. The maximum atomic E-state index is 12.1. The summed E-state index contributed by atoms with van der Waals surface area (Å²) in [5.41, 5.74) is 5.03. The lowest BCUT2D eigenvalue weighted by Gasteiger charge is -2.31. The third kappa shape index (κ3) is 3.35. The smallest absolute Gasteiger partial charge is 0.411 e. The molecule has 1 rings (SSSR count). The van der Waals surface area contributed by atoms with E-state index in [1.807, 2.05) is 0 Å². The number of rotatable bonds is 2. The van der Waals surface area contributed by atoms with Gasteiger partial charge in [0.2, 0.25) is 0 Å². The van der Waals surface area contributed by atoms with E-state index in [4.69, 9.17) is 15.2 Å². The Morgan fingerprint density at radius 3 is 2.39 bits per heavy atom. The molecule has 1 amide bonds. The average molecular weight is 258 g/mol. The number of nitrogens with zero attached hydrogens (tertiary/aromatic N) is 1. The van der Waals surface area contributed by atoms with Crippen LogP contribution in [0.2, 0.25) is 0 Å². The molecule has 2 atom stereocenters. The maximum absolute atomic E-state index is 12.1. The molecule has 6 nitrogen and oxygen atoms in total. The highest BCUT2D eigenvalue weighted by Gasteiger charge is 2.42. The molecule has 2 unspecified atom stereocenters. The SMILES string of the molecule is COC(=O)C1CCC(CN)N1C(=O)OC(C)(C)C. The zero-order valence-corrected chi connectivity index (χ0v) is 11.4. The third-order valence-electron chi connectivity index (χ3n) is 2.85. The zero-order chi connectivity index (χ0) is 13.9. The number of hydrogen-bond donors (Lipinski definition) is 1. The van der Waals surface area contributed by atoms with Gasteiger partial charge in [-0.05, 0) is 33.6 Å². The fraction of sp³-hybridized carbons (Fsp3) is 0.833. The summed E-state index contributed by atoms with van der Waals surface area (Å²) in [6.45, 7) is 5.66. The lowest BCUT2D eigenvalue weighted by Crippen LogP contribution is -2.49. The molecular weight excluding hydrogens is 236 g/mol. The molecule has 1 heterocycles. The maximum Gasteiger partial charge on any atom is 0.411 e. The Morgan fingerprint density at radius 1 is 1.33 bits per heavy atom. The number of ether oxygens (including phenoxy) is 2. The van der Waals surface area contributed by atoms with Crippen molar-refractivity contribution in [3.63, 3.8) is 0 Å². The van der Waals surface area contributed by atoms with Crippen LogP contribution in [0.5, 0.6) is 0 Å². The molecule has 0 spiro atoms. The van der Waals surface area contributed by atoms with E-state index in [0.29, 0.717) is 19.4 Å². The standard InChI is InChI=1S/C12H22N2O4/c1-12(2,3)18-11(16)14-8(7-13)5-6-9(14)10(15)17-4/h8-9H,5-7,13H2,1-4H3. The summed E-state index contributed by atoms with van der Waals surface area (Å²) in [6.07, 6.45) is 0.745. The highest BCUT2D eigenvalue weighted by molar-refractivity contribution is 5.82. The Morgan fingerprint density at radius 2 is 1.94 bits per heavy atom. The van der Waals surface area contributed by atoms with Crippen LogP contribution in [0.25, 0.3) is 0 Å². The van der Waals surface area contributed by atoms with Crippen molar-refractivity contribution in [2.75, 3.05) is 13.7 Å². The largest absolute Gasteiger partial charge is 0.467 e. The number of carbonyl (C=O) groups is 2. The lowest BCUT2D eigenvalue weighted by atomic mass is 10.2. The van der Waals surface area contributed by atoms with Gasteiger partial charge >= 0.3 is 12.1 Å². The van der Waals surface area contributed by atoms with E-state index in [9.17, 15) is 9.59 Å². The van der Waals surface area contributed by atoms with Crippen molar-refractivity contribution in [1.29, 1.82) is 0 Å². The van der Waals surface area contributed by atoms with Gasteiger partial charge in [-0.1, -0.05) is 0 Å². The van der Waals surface area contributed by atoms with Crippen molar-refractivity contribution in [2.45, 2.75) is 51.3 Å². The molecule has 1 fully saturated rings. The first-order valence-corrected chi connectivity index (χ1v) is 6.09. The van der Waals surface area contributed by atoms with Gasteiger partial charge < -0.3 is 15.2 Å². The highest BCUT2D eigenvalue weighted by atomic mass is 16.6. The van der Waals surface area contributed by atoms with E-state index in [-0.39, 0.29) is 6.04 Å². The molecule has 0 aromatic rings. The summed E-state index contributed by atoms with van der Waals surface area (Å²) < 4.78 is 10.0. The molecule has 0 aromatic heterocycles. The molecule has 0 radical (unpaired) electrons. The van der Waals surface area contributed by atoms with Crippen LogP contribution in [-0.4, -0.2) is 48.3 Å². The van der Waals surface area contributed by atoms with E-state index in [0.717, 1.165) is 0 Å². The van der Waals surface area contributed by atoms with Gasteiger partial charge in [-0.15, -0.1) is 0 Å². The van der Waals surface area contributed by atoms with E-state index >= 15 is 0 Å². The first-order valence-electron chi connectivity index (χ1n) is 6.09. The first-order chi connectivity index (χ1) is 8.30. The highest BCUT2D eigenvalue weighted by Crippen LogP contribution is 2.26. The van der Waals surface area contributed by atoms with E-state index < -0.39 is 23.7 Å². The van der Waals surface area contributed by atoms with Crippen molar-refractivity contribution in [1.82, 2.24) is 4.90 Å². The van der Waals surface area contributed by atoms with Crippen LogP contribution in [0.15, 0.2) is 0 Å². The van der Waals surface area contributed by atoms with Crippen LogP contribution in [0.4, 0.5) is 4.79 Å². The average Bonchev–Trinajstić information content (AvgIpc) is 2.69. The number of amides is 1. The van der Waals surface area contributed by atoms with Gasteiger partial charge in [-0.3, -0.25) is 4.90 Å². The Bertz CT molecular complexity index is 325. The summed E-state index contributed by atoms with van der Waals surface area (Å²) in [4.78, 5) is 25.2. The van der Waals surface area contributed by atoms with Gasteiger partial charge in [0.1, 0.15) is 11.6 Å². The van der Waals surface area contributed by atoms with Gasteiger partial charge in [-0.25, -0.2) is 9.59 Å². The molecule has 18 heavy (non-hydrogen) atoms. The number of esters is 1. The van der Waals surface area contributed by atoms with Gasteiger partial charge in [-0.2, -0.15) is 0 Å². The molecule has 0 bridgehead atoms. The second-order valence-corrected chi connectivity index (χ2v) is 5.39. The number of carbonyl (C=O) groups excluding carboxylic acids is 2.